The van der Waals surface area contributed by atoms with Gasteiger partial charge in [0.1, 0.15) is 11.0 Å². The van der Waals surface area contributed by atoms with E-state index in [1.165, 1.54) is 0 Å². The second-order valence-electron chi connectivity index (χ2n) is 6.48. The van der Waals surface area contributed by atoms with Gasteiger partial charge in [0, 0.05) is 5.41 Å². The Labute approximate surface area is 115 Å². The van der Waals surface area contributed by atoms with Crippen LogP contribution in [0.5, 0.6) is 0 Å². The zero-order valence-electron chi connectivity index (χ0n) is 11.9. The molecule has 0 aliphatic carbocycles. The Morgan fingerprint density at radius 3 is 2.28 bits per heavy atom. The first-order chi connectivity index (χ1) is 8.01. The van der Waals surface area contributed by atoms with Crippen LogP contribution in [-0.4, -0.2) is 19.0 Å². The number of carbonyl (C=O) groups excluding carboxylic acids is 1. The van der Waals surface area contributed by atoms with Crippen LogP contribution >= 0.6 is 11.6 Å². The van der Waals surface area contributed by atoms with Gasteiger partial charge in [-0.3, -0.25) is 4.79 Å². The van der Waals surface area contributed by atoms with Gasteiger partial charge in [-0.2, -0.15) is 0 Å². The van der Waals surface area contributed by atoms with E-state index >= 15 is 0 Å². The van der Waals surface area contributed by atoms with Gasteiger partial charge in [0.05, 0.1) is 8.07 Å². The summed E-state index contributed by atoms with van der Waals surface area (Å²) in [6.07, 6.45) is 0. The summed E-state index contributed by atoms with van der Waals surface area (Å²) in [7, 11) is -1.56. The second-order valence-corrected chi connectivity index (χ2v) is 11.9. The minimum atomic E-state index is -1.56. The number of pyridine rings is 1. The maximum Gasteiger partial charge on any atom is 0.230 e. The van der Waals surface area contributed by atoms with Crippen molar-refractivity contribution < 1.29 is 4.79 Å². The lowest BCUT2D eigenvalue weighted by Crippen LogP contribution is -2.41. The van der Waals surface area contributed by atoms with Gasteiger partial charge < -0.3 is 5.32 Å². The number of halogens is 1. The second kappa shape index (κ2) is 5.01. The smallest absolute Gasteiger partial charge is 0.230 e. The van der Waals surface area contributed by atoms with E-state index in [-0.39, 0.29) is 5.91 Å². The zero-order chi connectivity index (χ0) is 14.1. The van der Waals surface area contributed by atoms with E-state index in [1.807, 2.05) is 26.8 Å². The van der Waals surface area contributed by atoms with E-state index in [0.29, 0.717) is 11.0 Å². The first-order valence-electron chi connectivity index (χ1n) is 6.00. The van der Waals surface area contributed by atoms with Crippen molar-refractivity contribution in [3.63, 3.8) is 0 Å². The molecule has 3 nitrogen and oxygen atoms in total. The Morgan fingerprint density at radius 2 is 1.83 bits per heavy atom. The number of anilines is 1. The van der Waals surface area contributed by atoms with Gasteiger partial charge in [0.2, 0.25) is 5.91 Å². The lowest BCUT2D eigenvalue weighted by Gasteiger charge is -2.23. The van der Waals surface area contributed by atoms with Crippen LogP contribution in [0, 0.1) is 5.41 Å². The number of aromatic nitrogens is 1. The molecule has 0 bridgehead atoms. The highest BCUT2D eigenvalue weighted by Gasteiger charge is 2.26. The topological polar surface area (TPSA) is 42.0 Å². The fourth-order valence-electron chi connectivity index (χ4n) is 1.43. The van der Waals surface area contributed by atoms with E-state index in [4.69, 9.17) is 11.6 Å². The lowest BCUT2D eigenvalue weighted by atomic mass is 9.96. The van der Waals surface area contributed by atoms with Crippen molar-refractivity contribution >= 4 is 36.6 Å². The summed E-state index contributed by atoms with van der Waals surface area (Å²) in [6.45, 7) is 12.3. The SMILES string of the molecule is CC(C)(C)C(=O)Nc1nc(Cl)ccc1[Si](C)(C)C. The molecule has 1 heterocycles. The molecule has 0 radical (unpaired) electrons. The first-order valence-corrected chi connectivity index (χ1v) is 9.88. The van der Waals surface area contributed by atoms with Crippen molar-refractivity contribution in [2.45, 2.75) is 40.4 Å². The highest BCUT2D eigenvalue weighted by molar-refractivity contribution is 6.89. The maximum atomic E-state index is 12.0. The number of amides is 1. The van der Waals surface area contributed by atoms with Gasteiger partial charge in [0.15, 0.2) is 0 Å². The number of nitrogens with zero attached hydrogens (tertiary/aromatic N) is 1. The van der Waals surface area contributed by atoms with Crippen molar-refractivity contribution in [2.75, 3.05) is 5.32 Å². The molecule has 1 amide bonds. The molecule has 18 heavy (non-hydrogen) atoms. The molecule has 0 aromatic carbocycles. The van der Waals surface area contributed by atoms with Crippen molar-refractivity contribution in [1.29, 1.82) is 0 Å². The average Bonchev–Trinajstić information content (AvgIpc) is 2.13. The maximum absolute atomic E-state index is 12.0. The molecule has 0 spiro atoms. The molecule has 1 aromatic heterocycles. The summed E-state index contributed by atoms with van der Waals surface area (Å²) < 4.78 is 0. The zero-order valence-corrected chi connectivity index (χ0v) is 13.6. The van der Waals surface area contributed by atoms with Gasteiger partial charge in [0.25, 0.3) is 0 Å². The van der Waals surface area contributed by atoms with Crippen LogP contribution in [0.2, 0.25) is 24.8 Å². The van der Waals surface area contributed by atoms with Gasteiger partial charge >= 0.3 is 0 Å². The van der Waals surface area contributed by atoms with Crippen molar-refractivity contribution in [3.05, 3.63) is 17.3 Å². The summed E-state index contributed by atoms with van der Waals surface area (Å²) in [5.74, 6) is 0.568. The third-order valence-electron chi connectivity index (χ3n) is 2.58. The van der Waals surface area contributed by atoms with Crippen LogP contribution in [0.15, 0.2) is 12.1 Å². The summed E-state index contributed by atoms with van der Waals surface area (Å²) in [5.41, 5.74) is -0.444. The molecular formula is C13H21ClN2OSi. The number of rotatable bonds is 2. The molecule has 0 unspecified atom stereocenters. The standard InChI is InChI=1S/C13H21ClN2OSi/c1-13(2,3)12(17)16-11-9(18(4,5)6)7-8-10(14)15-11/h7-8H,1-6H3,(H,15,16,17). The minimum absolute atomic E-state index is 0.0447. The molecule has 1 aromatic rings. The first kappa shape index (κ1) is 15.2. The molecule has 100 valence electrons. The molecular weight excluding hydrogens is 264 g/mol. The normalized spacial score (nSPS) is 12.4. The predicted molar refractivity (Wildman–Crippen MR) is 80.3 cm³/mol. The highest BCUT2D eigenvalue weighted by Crippen LogP contribution is 2.18. The van der Waals surface area contributed by atoms with Crippen molar-refractivity contribution in [3.8, 4) is 0 Å². The van der Waals surface area contributed by atoms with Gasteiger partial charge in [-0.1, -0.05) is 58.1 Å². The van der Waals surface area contributed by atoms with Crippen LogP contribution in [0.25, 0.3) is 0 Å². The predicted octanol–water partition coefficient (Wildman–Crippen LogP) is 3.26. The van der Waals surface area contributed by atoms with Crippen LogP contribution in [-0.2, 0) is 4.79 Å². The quantitative estimate of drug-likeness (QED) is 0.669. The Kier molecular flexibility index (Phi) is 4.23. The molecule has 0 atom stereocenters. The van der Waals surface area contributed by atoms with Crippen LogP contribution in [0.1, 0.15) is 20.8 Å². The average molecular weight is 285 g/mol. The Hall–Kier alpha value is -0.873. The fourth-order valence-corrected chi connectivity index (χ4v) is 2.99. The number of nitrogens with one attached hydrogen (secondary N) is 1. The van der Waals surface area contributed by atoms with Crippen LogP contribution in [0.4, 0.5) is 5.82 Å². The molecule has 0 aliphatic rings. The van der Waals surface area contributed by atoms with E-state index in [2.05, 4.69) is 29.9 Å². The van der Waals surface area contributed by atoms with Crippen LogP contribution in [0.3, 0.4) is 0 Å². The third kappa shape index (κ3) is 3.82. The van der Waals surface area contributed by atoms with E-state index < -0.39 is 13.5 Å². The largest absolute Gasteiger partial charge is 0.310 e. The summed E-state index contributed by atoms with van der Waals surface area (Å²) in [4.78, 5) is 16.3. The van der Waals surface area contributed by atoms with Gasteiger partial charge in [-0.25, -0.2) is 4.98 Å². The monoisotopic (exact) mass is 284 g/mol. The van der Waals surface area contributed by atoms with Crippen molar-refractivity contribution in [2.24, 2.45) is 5.41 Å². The molecule has 0 aliphatic heterocycles. The fraction of sp³-hybridized carbons (Fsp3) is 0.538. The Morgan fingerprint density at radius 1 is 1.28 bits per heavy atom. The lowest BCUT2D eigenvalue weighted by molar-refractivity contribution is -0.123. The molecule has 0 saturated carbocycles. The van der Waals surface area contributed by atoms with E-state index in [1.54, 1.807) is 6.07 Å². The molecule has 1 rings (SSSR count). The Balaban J connectivity index is 3.16. The van der Waals surface area contributed by atoms with Crippen molar-refractivity contribution in [1.82, 2.24) is 4.98 Å². The summed E-state index contributed by atoms with van der Waals surface area (Å²) in [6, 6.07) is 3.75. The number of carbonyl (C=O) groups is 1. The number of hydrogen-bond acceptors (Lipinski definition) is 2. The minimum Gasteiger partial charge on any atom is -0.310 e. The summed E-state index contributed by atoms with van der Waals surface area (Å²) >= 11 is 5.92. The third-order valence-corrected chi connectivity index (χ3v) is 4.81. The molecule has 0 fully saturated rings. The van der Waals surface area contributed by atoms with E-state index in [9.17, 15) is 4.79 Å². The highest BCUT2D eigenvalue weighted by atomic mass is 35.5. The number of hydrogen-bond donors (Lipinski definition) is 1. The van der Waals surface area contributed by atoms with Gasteiger partial charge in [-0.05, 0) is 11.3 Å². The molecule has 0 saturated heterocycles. The summed E-state index contributed by atoms with van der Waals surface area (Å²) in [5, 5.41) is 4.42. The molecule has 5 heteroatoms. The molecule has 1 N–H and O–H groups in total. The van der Waals surface area contributed by atoms with E-state index in [0.717, 1.165) is 5.19 Å². The van der Waals surface area contributed by atoms with Gasteiger partial charge in [-0.15, -0.1) is 0 Å². The Bertz CT molecular complexity index is 461. The van der Waals surface area contributed by atoms with Crippen LogP contribution < -0.4 is 10.5 Å².